The topological polar surface area (TPSA) is 47.6 Å². The number of hydrogen-bond acceptors (Lipinski definition) is 3. The molecule has 0 aliphatic carbocycles. The lowest BCUT2D eigenvalue weighted by atomic mass is 10.0. The first-order valence-electron chi connectivity index (χ1n) is 8.02. The van der Waals surface area contributed by atoms with Crippen LogP contribution in [0.1, 0.15) is 30.9 Å². The Morgan fingerprint density at radius 3 is 2.78 bits per heavy atom. The minimum Gasteiger partial charge on any atom is -0.494 e. The predicted octanol–water partition coefficient (Wildman–Crippen LogP) is 3.49. The molecule has 0 unspecified atom stereocenters. The number of rotatable bonds is 6. The molecule has 1 aliphatic rings. The zero-order chi connectivity index (χ0) is 15.9. The van der Waals surface area contributed by atoms with Crippen molar-refractivity contribution in [3.8, 4) is 11.5 Å². The number of carbonyl (C=O) groups is 1. The fourth-order valence-electron chi connectivity index (χ4n) is 2.70. The lowest BCUT2D eigenvalue weighted by Gasteiger charge is -2.26. The molecule has 1 atom stereocenters. The Morgan fingerprint density at radius 1 is 1.13 bits per heavy atom. The molecule has 0 saturated heterocycles. The zero-order valence-electron chi connectivity index (χ0n) is 13.0. The number of nitrogens with one attached hydrogen (secondary N) is 1. The van der Waals surface area contributed by atoms with E-state index >= 15 is 0 Å². The maximum atomic E-state index is 12.1. The number of amides is 1. The summed E-state index contributed by atoms with van der Waals surface area (Å²) < 4.78 is 11.2. The van der Waals surface area contributed by atoms with Gasteiger partial charge in [0.05, 0.1) is 19.3 Å². The number of fused-ring (bicyclic) bond motifs is 1. The fourth-order valence-corrected chi connectivity index (χ4v) is 2.70. The summed E-state index contributed by atoms with van der Waals surface area (Å²) in [5.74, 6) is 1.77. The first kappa shape index (κ1) is 15.4. The van der Waals surface area contributed by atoms with Crippen LogP contribution in [0, 0.1) is 0 Å². The molecular formula is C19H21NO3. The third-order valence-electron chi connectivity index (χ3n) is 3.85. The summed E-state index contributed by atoms with van der Waals surface area (Å²) in [6.07, 6.45) is 1.97. The van der Waals surface area contributed by atoms with E-state index in [9.17, 15) is 4.79 Å². The lowest BCUT2D eigenvalue weighted by molar-refractivity contribution is -0.122. The monoisotopic (exact) mass is 311 g/mol. The number of hydrogen-bond donors (Lipinski definition) is 1. The van der Waals surface area contributed by atoms with Crippen molar-refractivity contribution in [3.63, 3.8) is 0 Å². The number of ether oxygens (including phenoxy) is 2. The third-order valence-corrected chi connectivity index (χ3v) is 3.85. The van der Waals surface area contributed by atoms with Crippen LogP contribution in [-0.2, 0) is 4.79 Å². The van der Waals surface area contributed by atoms with Crippen LogP contribution in [0.3, 0.4) is 0 Å². The smallest absolute Gasteiger partial charge is 0.220 e. The molecule has 4 nitrogen and oxygen atoms in total. The van der Waals surface area contributed by atoms with Gasteiger partial charge in [-0.3, -0.25) is 4.79 Å². The average molecular weight is 311 g/mol. The van der Waals surface area contributed by atoms with Crippen LogP contribution >= 0.6 is 0 Å². The molecule has 0 saturated carbocycles. The van der Waals surface area contributed by atoms with Crippen molar-refractivity contribution in [1.82, 2.24) is 5.32 Å². The zero-order valence-corrected chi connectivity index (χ0v) is 13.0. The highest BCUT2D eigenvalue weighted by atomic mass is 16.5. The van der Waals surface area contributed by atoms with Crippen molar-refractivity contribution in [2.75, 3.05) is 13.2 Å². The van der Waals surface area contributed by atoms with E-state index in [1.807, 2.05) is 54.6 Å². The SMILES string of the molecule is O=C(CCCOc1ccccc1)N[C@H]1CCOc2ccccc21. The normalized spacial score (nSPS) is 16.1. The minimum absolute atomic E-state index is 0.0440. The summed E-state index contributed by atoms with van der Waals surface area (Å²) in [5, 5.41) is 3.10. The van der Waals surface area contributed by atoms with Crippen LogP contribution in [0.2, 0.25) is 0 Å². The van der Waals surface area contributed by atoms with Crippen LogP contribution in [-0.4, -0.2) is 19.1 Å². The summed E-state index contributed by atoms with van der Waals surface area (Å²) in [7, 11) is 0. The molecule has 1 heterocycles. The molecule has 2 aromatic rings. The Bertz CT molecular complexity index is 642. The molecule has 120 valence electrons. The minimum atomic E-state index is 0.0440. The van der Waals surface area contributed by atoms with Crippen molar-refractivity contribution in [3.05, 3.63) is 60.2 Å². The maximum Gasteiger partial charge on any atom is 0.220 e. The van der Waals surface area contributed by atoms with Gasteiger partial charge in [0.2, 0.25) is 5.91 Å². The number of para-hydroxylation sites is 2. The summed E-state index contributed by atoms with van der Waals surface area (Å²) in [5.41, 5.74) is 1.06. The van der Waals surface area contributed by atoms with E-state index in [0.717, 1.165) is 23.5 Å². The van der Waals surface area contributed by atoms with Gasteiger partial charge in [0.15, 0.2) is 0 Å². The Hall–Kier alpha value is -2.49. The highest BCUT2D eigenvalue weighted by molar-refractivity contribution is 5.76. The van der Waals surface area contributed by atoms with Crippen molar-refractivity contribution in [1.29, 1.82) is 0 Å². The van der Waals surface area contributed by atoms with E-state index in [2.05, 4.69) is 5.32 Å². The average Bonchev–Trinajstić information content (AvgIpc) is 2.60. The molecule has 1 amide bonds. The van der Waals surface area contributed by atoms with Crippen molar-refractivity contribution in [2.45, 2.75) is 25.3 Å². The Kier molecular flexibility index (Phi) is 5.14. The molecule has 0 fully saturated rings. The van der Waals surface area contributed by atoms with Gasteiger partial charge in [0, 0.05) is 18.4 Å². The van der Waals surface area contributed by atoms with Crippen molar-refractivity contribution in [2.24, 2.45) is 0 Å². The Labute approximate surface area is 136 Å². The van der Waals surface area contributed by atoms with Crippen molar-refractivity contribution >= 4 is 5.91 Å². The van der Waals surface area contributed by atoms with Crippen molar-refractivity contribution < 1.29 is 14.3 Å². The quantitative estimate of drug-likeness (QED) is 0.831. The van der Waals surface area contributed by atoms with Gasteiger partial charge < -0.3 is 14.8 Å². The maximum absolute atomic E-state index is 12.1. The third kappa shape index (κ3) is 4.25. The number of benzene rings is 2. The lowest BCUT2D eigenvalue weighted by Crippen LogP contribution is -2.32. The van der Waals surface area contributed by atoms with E-state index in [4.69, 9.17) is 9.47 Å². The molecule has 3 rings (SSSR count). The van der Waals surface area contributed by atoms with Gasteiger partial charge in [-0.1, -0.05) is 36.4 Å². The van der Waals surface area contributed by atoms with Gasteiger partial charge in [-0.2, -0.15) is 0 Å². The van der Waals surface area contributed by atoms with E-state index < -0.39 is 0 Å². The Morgan fingerprint density at radius 2 is 1.91 bits per heavy atom. The summed E-state index contributed by atoms with van der Waals surface area (Å²) in [6, 6.07) is 17.6. The fraction of sp³-hybridized carbons (Fsp3) is 0.316. The van der Waals surface area contributed by atoms with Gasteiger partial charge >= 0.3 is 0 Å². The van der Waals surface area contributed by atoms with Crippen LogP contribution < -0.4 is 14.8 Å². The van der Waals surface area contributed by atoms with Crippen LogP contribution in [0.25, 0.3) is 0 Å². The highest BCUT2D eigenvalue weighted by Crippen LogP contribution is 2.31. The van der Waals surface area contributed by atoms with Crippen LogP contribution in [0.5, 0.6) is 11.5 Å². The molecule has 0 radical (unpaired) electrons. The van der Waals surface area contributed by atoms with E-state index in [0.29, 0.717) is 26.1 Å². The van der Waals surface area contributed by atoms with Gasteiger partial charge in [0.1, 0.15) is 11.5 Å². The second kappa shape index (κ2) is 7.68. The molecule has 0 spiro atoms. The second-order valence-corrected chi connectivity index (χ2v) is 5.56. The summed E-state index contributed by atoms with van der Waals surface area (Å²) >= 11 is 0. The molecule has 23 heavy (non-hydrogen) atoms. The van der Waals surface area contributed by atoms with Crippen LogP contribution in [0.4, 0.5) is 0 Å². The molecule has 0 aromatic heterocycles. The van der Waals surface area contributed by atoms with Gasteiger partial charge in [-0.05, 0) is 24.6 Å². The first-order chi connectivity index (χ1) is 11.3. The largest absolute Gasteiger partial charge is 0.494 e. The molecule has 4 heteroatoms. The van der Waals surface area contributed by atoms with Gasteiger partial charge in [-0.25, -0.2) is 0 Å². The van der Waals surface area contributed by atoms with Gasteiger partial charge in [0.25, 0.3) is 0 Å². The summed E-state index contributed by atoms with van der Waals surface area (Å²) in [6.45, 7) is 1.18. The number of carbonyl (C=O) groups excluding carboxylic acids is 1. The van der Waals surface area contributed by atoms with E-state index in [1.54, 1.807) is 0 Å². The highest BCUT2D eigenvalue weighted by Gasteiger charge is 2.22. The first-order valence-corrected chi connectivity index (χ1v) is 8.02. The molecule has 0 bridgehead atoms. The van der Waals surface area contributed by atoms with Crippen LogP contribution in [0.15, 0.2) is 54.6 Å². The molecule has 1 N–H and O–H groups in total. The standard InChI is InChI=1S/C19H21NO3/c21-19(11-6-13-22-15-7-2-1-3-8-15)20-17-12-14-23-18-10-5-4-9-16(17)18/h1-5,7-10,17H,6,11-14H2,(H,20,21)/t17-/m0/s1. The molecular weight excluding hydrogens is 290 g/mol. The Balaban J connectivity index is 1.43. The van der Waals surface area contributed by atoms with Gasteiger partial charge in [-0.15, -0.1) is 0 Å². The molecule has 1 aliphatic heterocycles. The predicted molar refractivity (Wildman–Crippen MR) is 88.6 cm³/mol. The van der Waals surface area contributed by atoms with E-state index in [1.165, 1.54) is 0 Å². The molecule has 2 aromatic carbocycles. The summed E-state index contributed by atoms with van der Waals surface area (Å²) in [4.78, 5) is 12.1. The van der Waals surface area contributed by atoms with E-state index in [-0.39, 0.29) is 11.9 Å². The second-order valence-electron chi connectivity index (χ2n) is 5.56.